The van der Waals surface area contributed by atoms with E-state index in [0.29, 0.717) is 26.1 Å². The Labute approximate surface area is 143 Å². The van der Waals surface area contributed by atoms with E-state index in [1.165, 1.54) is 0 Å². The number of nitrogens with one attached hydrogen (secondary N) is 2. The average Bonchev–Trinajstić information content (AvgIpc) is 2.51. The van der Waals surface area contributed by atoms with E-state index in [1.54, 1.807) is 0 Å². The number of carboxylic acids is 1. The number of benzene rings is 1. The Bertz CT molecular complexity index is 517. The second-order valence-electron chi connectivity index (χ2n) is 6.44. The lowest BCUT2D eigenvalue weighted by Gasteiger charge is -2.28. The first-order chi connectivity index (χ1) is 11.3. The number of aliphatic carboxylic acids is 1. The molecule has 2 amide bonds. The van der Waals surface area contributed by atoms with Gasteiger partial charge in [-0.1, -0.05) is 30.3 Å². The van der Waals surface area contributed by atoms with Gasteiger partial charge in [-0.2, -0.15) is 0 Å². The third kappa shape index (κ3) is 8.53. The largest absolute Gasteiger partial charge is 0.481 e. The molecule has 0 saturated carbocycles. The van der Waals surface area contributed by atoms with Gasteiger partial charge in [0, 0.05) is 19.1 Å². The summed E-state index contributed by atoms with van der Waals surface area (Å²) in [7, 11) is 0. The first-order valence-electron chi connectivity index (χ1n) is 8.24. The lowest BCUT2D eigenvalue weighted by atomic mass is 10.0. The van der Waals surface area contributed by atoms with E-state index in [0.717, 1.165) is 5.56 Å². The lowest BCUT2D eigenvalue weighted by molar-refractivity contribution is -0.137. The third-order valence-corrected chi connectivity index (χ3v) is 3.49. The van der Waals surface area contributed by atoms with Crippen LogP contribution in [0.5, 0.6) is 0 Å². The number of ether oxygens (including phenoxy) is 1. The number of hydrogen-bond acceptors (Lipinski definition) is 3. The van der Waals surface area contributed by atoms with Crippen LogP contribution < -0.4 is 10.6 Å². The molecule has 0 aliphatic heterocycles. The van der Waals surface area contributed by atoms with Gasteiger partial charge in [0.2, 0.25) is 0 Å². The quantitative estimate of drug-likeness (QED) is 0.613. The van der Waals surface area contributed by atoms with Gasteiger partial charge in [0.05, 0.1) is 12.1 Å². The molecule has 0 aromatic heterocycles. The van der Waals surface area contributed by atoms with Gasteiger partial charge in [0.1, 0.15) is 0 Å². The van der Waals surface area contributed by atoms with Crippen LogP contribution in [0, 0.1) is 0 Å². The average molecular weight is 336 g/mol. The van der Waals surface area contributed by atoms with Crippen molar-refractivity contribution in [1.29, 1.82) is 0 Å². The van der Waals surface area contributed by atoms with Crippen molar-refractivity contribution in [2.75, 3.05) is 13.2 Å². The molecule has 0 aliphatic rings. The van der Waals surface area contributed by atoms with Crippen molar-refractivity contribution in [2.24, 2.45) is 0 Å². The second-order valence-corrected chi connectivity index (χ2v) is 6.44. The van der Waals surface area contributed by atoms with Gasteiger partial charge in [-0.25, -0.2) is 4.79 Å². The molecule has 0 spiro atoms. The fraction of sp³-hybridized carbons (Fsp3) is 0.556. The van der Waals surface area contributed by atoms with Crippen molar-refractivity contribution in [2.45, 2.75) is 51.6 Å². The molecule has 6 nitrogen and oxygen atoms in total. The van der Waals surface area contributed by atoms with Crippen molar-refractivity contribution in [3.63, 3.8) is 0 Å². The second kappa shape index (κ2) is 9.93. The van der Waals surface area contributed by atoms with Crippen molar-refractivity contribution in [1.82, 2.24) is 10.6 Å². The SMILES string of the molecule is CCOCC(C)(C)NC(=O)NC(CCC(=O)O)Cc1ccccc1. The van der Waals surface area contributed by atoms with Crippen LogP contribution in [-0.2, 0) is 16.0 Å². The summed E-state index contributed by atoms with van der Waals surface area (Å²) >= 11 is 0. The number of hydrogen-bond donors (Lipinski definition) is 3. The molecule has 134 valence electrons. The zero-order valence-electron chi connectivity index (χ0n) is 14.7. The highest BCUT2D eigenvalue weighted by Gasteiger charge is 2.22. The van der Waals surface area contributed by atoms with Crippen molar-refractivity contribution >= 4 is 12.0 Å². The zero-order chi connectivity index (χ0) is 18.0. The minimum atomic E-state index is -0.869. The van der Waals surface area contributed by atoms with Crippen LogP contribution in [0.15, 0.2) is 30.3 Å². The molecule has 1 unspecified atom stereocenters. The first kappa shape index (κ1) is 20.0. The predicted octanol–water partition coefficient (Wildman–Crippen LogP) is 2.58. The smallest absolute Gasteiger partial charge is 0.315 e. The van der Waals surface area contributed by atoms with Crippen LogP contribution in [0.25, 0.3) is 0 Å². The van der Waals surface area contributed by atoms with E-state index >= 15 is 0 Å². The molecule has 1 aromatic rings. The molecule has 0 fully saturated rings. The van der Waals surface area contributed by atoms with Gasteiger partial charge >= 0.3 is 12.0 Å². The lowest BCUT2D eigenvalue weighted by Crippen LogP contribution is -2.53. The summed E-state index contributed by atoms with van der Waals surface area (Å²) in [4.78, 5) is 23.1. The Morgan fingerprint density at radius 1 is 1.25 bits per heavy atom. The normalized spacial score (nSPS) is 12.5. The maximum Gasteiger partial charge on any atom is 0.315 e. The molecule has 0 heterocycles. The summed E-state index contributed by atoms with van der Waals surface area (Å²) in [6.45, 7) is 6.66. The zero-order valence-corrected chi connectivity index (χ0v) is 14.7. The van der Waals surface area contributed by atoms with Crippen molar-refractivity contribution < 1.29 is 19.4 Å². The molecule has 1 atom stereocenters. The minimum Gasteiger partial charge on any atom is -0.481 e. The molecule has 1 aromatic carbocycles. The van der Waals surface area contributed by atoms with Gasteiger partial charge in [0.15, 0.2) is 0 Å². The van der Waals surface area contributed by atoms with Crippen molar-refractivity contribution in [3.8, 4) is 0 Å². The Hall–Kier alpha value is -2.08. The maximum absolute atomic E-state index is 12.2. The summed E-state index contributed by atoms with van der Waals surface area (Å²) < 4.78 is 5.36. The number of rotatable bonds is 10. The monoisotopic (exact) mass is 336 g/mol. The molecule has 0 saturated heterocycles. The minimum absolute atomic E-state index is 0.0140. The molecule has 0 radical (unpaired) electrons. The van der Waals surface area contributed by atoms with Crippen LogP contribution >= 0.6 is 0 Å². The predicted molar refractivity (Wildman–Crippen MR) is 93.0 cm³/mol. The number of carbonyl (C=O) groups excluding carboxylic acids is 1. The van der Waals surface area contributed by atoms with Crippen LogP contribution in [0.3, 0.4) is 0 Å². The Morgan fingerprint density at radius 2 is 1.92 bits per heavy atom. The van der Waals surface area contributed by atoms with Crippen LogP contribution in [0.2, 0.25) is 0 Å². The number of carboxylic acid groups (broad SMARTS) is 1. The van der Waals surface area contributed by atoms with Gasteiger partial charge in [0.25, 0.3) is 0 Å². The first-order valence-corrected chi connectivity index (χ1v) is 8.24. The Morgan fingerprint density at radius 3 is 2.50 bits per heavy atom. The summed E-state index contributed by atoms with van der Waals surface area (Å²) in [6, 6.07) is 9.15. The molecule has 1 rings (SSSR count). The van der Waals surface area contributed by atoms with Crippen LogP contribution in [-0.4, -0.2) is 41.9 Å². The van der Waals surface area contributed by atoms with Crippen LogP contribution in [0.1, 0.15) is 39.2 Å². The van der Waals surface area contributed by atoms with Gasteiger partial charge < -0.3 is 20.5 Å². The molecule has 24 heavy (non-hydrogen) atoms. The van der Waals surface area contributed by atoms with E-state index in [-0.39, 0.29) is 18.5 Å². The number of amides is 2. The molecular weight excluding hydrogens is 308 g/mol. The highest BCUT2D eigenvalue weighted by atomic mass is 16.5. The van der Waals surface area contributed by atoms with E-state index in [4.69, 9.17) is 9.84 Å². The van der Waals surface area contributed by atoms with E-state index in [1.807, 2.05) is 51.1 Å². The van der Waals surface area contributed by atoms with E-state index in [2.05, 4.69) is 10.6 Å². The topological polar surface area (TPSA) is 87.7 Å². The molecule has 3 N–H and O–H groups in total. The summed E-state index contributed by atoms with van der Waals surface area (Å²) in [5.41, 5.74) is 0.561. The van der Waals surface area contributed by atoms with E-state index in [9.17, 15) is 9.59 Å². The molecule has 0 aliphatic carbocycles. The molecular formula is C18H28N2O4. The van der Waals surface area contributed by atoms with Gasteiger partial charge in [-0.05, 0) is 39.2 Å². The summed E-state index contributed by atoms with van der Waals surface area (Å²) in [5, 5.41) is 14.7. The Balaban J connectivity index is 2.62. The highest BCUT2D eigenvalue weighted by Crippen LogP contribution is 2.09. The number of urea groups is 1. The van der Waals surface area contributed by atoms with E-state index < -0.39 is 11.5 Å². The maximum atomic E-state index is 12.2. The van der Waals surface area contributed by atoms with Crippen molar-refractivity contribution in [3.05, 3.63) is 35.9 Å². The third-order valence-electron chi connectivity index (χ3n) is 3.49. The Kier molecular flexibility index (Phi) is 8.26. The standard InChI is InChI=1S/C18H28N2O4/c1-4-24-13-18(2,3)20-17(23)19-15(10-11-16(21)22)12-14-8-6-5-7-9-14/h5-9,15H,4,10-13H2,1-3H3,(H,21,22)(H2,19,20,23). The highest BCUT2D eigenvalue weighted by molar-refractivity contribution is 5.75. The molecule has 6 heteroatoms. The van der Waals surface area contributed by atoms with Gasteiger partial charge in [-0.15, -0.1) is 0 Å². The van der Waals surface area contributed by atoms with Crippen LogP contribution in [0.4, 0.5) is 4.79 Å². The van der Waals surface area contributed by atoms with Gasteiger partial charge in [-0.3, -0.25) is 4.79 Å². The fourth-order valence-corrected chi connectivity index (χ4v) is 2.34. The number of carbonyl (C=O) groups is 2. The fourth-order valence-electron chi connectivity index (χ4n) is 2.34. The summed E-state index contributed by atoms with van der Waals surface area (Å²) in [5.74, 6) is -0.869. The summed E-state index contributed by atoms with van der Waals surface area (Å²) in [6.07, 6.45) is 0.983. The molecule has 0 bridgehead atoms.